The monoisotopic (exact) mass is 289 g/mol. The number of benzene rings is 3. The predicted molar refractivity (Wildman–Crippen MR) is 90.1 cm³/mol. The van der Waals surface area contributed by atoms with Crippen molar-refractivity contribution in [1.82, 2.24) is 5.32 Å². The van der Waals surface area contributed by atoms with E-state index in [9.17, 15) is 0 Å². The lowest BCUT2D eigenvalue weighted by molar-refractivity contribution is 0.0995. The van der Waals surface area contributed by atoms with Crippen LogP contribution in [0.3, 0.4) is 0 Å². The molecule has 3 aromatic carbocycles. The minimum Gasteiger partial charge on any atom is -0.485 e. The van der Waals surface area contributed by atoms with Crippen LogP contribution in [0, 0.1) is 5.92 Å². The maximum atomic E-state index is 6.37. The van der Waals surface area contributed by atoms with E-state index in [0.717, 1.165) is 18.8 Å². The van der Waals surface area contributed by atoms with Crippen LogP contribution in [0.15, 0.2) is 72.8 Å². The highest BCUT2D eigenvalue weighted by Gasteiger charge is 2.30. The van der Waals surface area contributed by atoms with Crippen molar-refractivity contribution in [3.8, 4) is 5.75 Å². The number of fused-ring (bicyclic) bond motifs is 1. The Morgan fingerprint density at radius 2 is 1.55 bits per heavy atom. The van der Waals surface area contributed by atoms with Crippen LogP contribution in [0.1, 0.15) is 11.7 Å². The molecule has 4 rings (SSSR count). The molecule has 1 N–H and O–H groups in total. The van der Waals surface area contributed by atoms with Crippen LogP contribution in [0.5, 0.6) is 5.75 Å². The van der Waals surface area contributed by atoms with Gasteiger partial charge >= 0.3 is 0 Å². The molecule has 1 aliphatic rings. The lowest BCUT2D eigenvalue weighted by Gasteiger charge is -2.35. The Labute approximate surface area is 130 Å². The van der Waals surface area contributed by atoms with Gasteiger partial charge in [-0.05, 0) is 28.5 Å². The SMILES string of the molecule is c1ccc(C(Oc2ccc3ccccc3c2)C2CNC2)cc1. The number of rotatable bonds is 4. The molecule has 110 valence electrons. The zero-order chi connectivity index (χ0) is 14.8. The van der Waals surface area contributed by atoms with E-state index >= 15 is 0 Å². The van der Waals surface area contributed by atoms with Gasteiger partial charge < -0.3 is 10.1 Å². The fraction of sp³-hybridized carbons (Fsp3) is 0.200. The lowest BCUT2D eigenvalue weighted by Crippen LogP contribution is -2.46. The molecule has 0 aliphatic carbocycles. The highest BCUT2D eigenvalue weighted by Crippen LogP contribution is 2.32. The van der Waals surface area contributed by atoms with E-state index in [-0.39, 0.29) is 6.10 Å². The summed E-state index contributed by atoms with van der Waals surface area (Å²) in [5.41, 5.74) is 1.25. The molecule has 1 unspecified atom stereocenters. The second kappa shape index (κ2) is 5.82. The number of ether oxygens (including phenoxy) is 1. The van der Waals surface area contributed by atoms with Crippen LogP contribution >= 0.6 is 0 Å². The molecule has 1 fully saturated rings. The molecule has 1 heterocycles. The molecule has 3 aromatic rings. The van der Waals surface area contributed by atoms with Gasteiger partial charge in [0.25, 0.3) is 0 Å². The van der Waals surface area contributed by atoms with Crippen LogP contribution in [0.4, 0.5) is 0 Å². The molecule has 1 aliphatic heterocycles. The lowest BCUT2D eigenvalue weighted by atomic mass is 9.91. The summed E-state index contributed by atoms with van der Waals surface area (Å²) in [6.07, 6.45) is 0.114. The minimum atomic E-state index is 0.114. The van der Waals surface area contributed by atoms with E-state index in [1.807, 2.05) is 0 Å². The van der Waals surface area contributed by atoms with Gasteiger partial charge in [-0.15, -0.1) is 0 Å². The van der Waals surface area contributed by atoms with Gasteiger partial charge in [0.1, 0.15) is 11.9 Å². The molecule has 0 spiro atoms. The molecule has 0 bridgehead atoms. The summed E-state index contributed by atoms with van der Waals surface area (Å²) in [4.78, 5) is 0. The maximum Gasteiger partial charge on any atom is 0.129 e. The first-order chi connectivity index (χ1) is 10.9. The highest BCUT2D eigenvalue weighted by molar-refractivity contribution is 5.83. The second-order valence-electron chi connectivity index (χ2n) is 5.88. The Morgan fingerprint density at radius 1 is 0.818 bits per heavy atom. The third kappa shape index (κ3) is 2.58. The largest absolute Gasteiger partial charge is 0.485 e. The molecular formula is C20H19NO. The smallest absolute Gasteiger partial charge is 0.129 e. The zero-order valence-corrected chi connectivity index (χ0v) is 12.4. The average Bonchev–Trinajstić information content (AvgIpc) is 2.53. The van der Waals surface area contributed by atoms with Crippen molar-refractivity contribution < 1.29 is 4.74 Å². The van der Waals surface area contributed by atoms with Crippen molar-refractivity contribution in [2.24, 2.45) is 5.92 Å². The summed E-state index contributed by atoms with van der Waals surface area (Å²) in [6.45, 7) is 2.04. The van der Waals surface area contributed by atoms with E-state index < -0.39 is 0 Å². The van der Waals surface area contributed by atoms with E-state index in [4.69, 9.17) is 4.74 Å². The maximum absolute atomic E-state index is 6.37. The Balaban J connectivity index is 1.65. The zero-order valence-electron chi connectivity index (χ0n) is 12.4. The van der Waals surface area contributed by atoms with Gasteiger partial charge in [-0.25, -0.2) is 0 Å². The summed E-state index contributed by atoms with van der Waals surface area (Å²) >= 11 is 0. The molecule has 0 saturated carbocycles. The van der Waals surface area contributed by atoms with Crippen LogP contribution in [-0.2, 0) is 0 Å². The first-order valence-electron chi connectivity index (χ1n) is 7.81. The van der Waals surface area contributed by atoms with Crippen molar-refractivity contribution in [3.63, 3.8) is 0 Å². The topological polar surface area (TPSA) is 21.3 Å². The van der Waals surface area contributed by atoms with Gasteiger partial charge in [-0.2, -0.15) is 0 Å². The molecule has 22 heavy (non-hydrogen) atoms. The quantitative estimate of drug-likeness (QED) is 0.778. The van der Waals surface area contributed by atoms with Crippen molar-refractivity contribution in [1.29, 1.82) is 0 Å². The fourth-order valence-electron chi connectivity index (χ4n) is 2.99. The molecule has 0 amide bonds. The van der Waals surface area contributed by atoms with Crippen molar-refractivity contribution >= 4 is 10.8 Å². The van der Waals surface area contributed by atoms with Gasteiger partial charge in [0.2, 0.25) is 0 Å². The number of hydrogen-bond acceptors (Lipinski definition) is 2. The predicted octanol–water partition coefficient (Wildman–Crippen LogP) is 4.18. The molecule has 0 radical (unpaired) electrons. The van der Waals surface area contributed by atoms with E-state index in [1.165, 1.54) is 16.3 Å². The van der Waals surface area contributed by atoms with E-state index in [0.29, 0.717) is 5.92 Å². The van der Waals surface area contributed by atoms with Crippen LogP contribution in [0.2, 0.25) is 0 Å². The third-order valence-corrected chi connectivity index (χ3v) is 4.35. The Bertz CT molecular complexity index is 765. The Morgan fingerprint density at radius 3 is 2.27 bits per heavy atom. The van der Waals surface area contributed by atoms with Crippen LogP contribution in [-0.4, -0.2) is 13.1 Å². The molecule has 0 aromatic heterocycles. The van der Waals surface area contributed by atoms with Crippen molar-refractivity contribution in [2.75, 3.05) is 13.1 Å². The van der Waals surface area contributed by atoms with Gasteiger partial charge in [0.05, 0.1) is 0 Å². The minimum absolute atomic E-state index is 0.114. The van der Waals surface area contributed by atoms with Crippen molar-refractivity contribution in [3.05, 3.63) is 78.4 Å². The molecule has 2 heteroatoms. The fourth-order valence-corrected chi connectivity index (χ4v) is 2.99. The van der Waals surface area contributed by atoms with Gasteiger partial charge in [-0.1, -0.05) is 60.7 Å². The summed E-state index contributed by atoms with van der Waals surface area (Å²) in [5.74, 6) is 1.48. The highest BCUT2D eigenvalue weighted by atomic mass is 16.5. The molecule has 1 atom stereocenters. The van der Waals surface area contributed by atoms with Crippen LogP contribution < -0.4 is 10.1 Å². The average molecular weight is 289 g/mol. The Kier molecular flexibility index (Phi) is 3.53. The van der Waals surface area contributed by atoms with Crippen LogP contribution in [0.25, 0.3) is 10.8 Å². The summed E-state index contributed by atoms with van der Waals surface area (Å²) < 4.78 is 6.37. The van der Waals surface area contributed by atoms with Crippen molar-refractivity contribution in [2.45, 2.75) is 6.10 Å². The third-order valence-electron chi connectivity index (χ3n) is 4.35. The summed E-state index contributed by atoms with van der Waals surface area (Å²) in [5, 5.41) is 5.81. The van der Waals surface area contributed by atoms with Gasteiger partial charge in [0.15, 0.2) is 0 Å². The standard InChI is InChI=1S/C20H19NO/c1-2-7-16(8-3-1)20(18-13-21-14-18)22-19-11-10-15-6-4-5-9-17(15)12-19/h1-12,18,20-21H,13-14H2. The Hall–Kier alpha value is -2.32. The summed E-state index contributed by atoms with van der Waals surface area (Å²) in [7, 11) is 0. The van der Waals surface area contributed by atoms with Gasteiger partial charge in [-0.3, -0.25) is 0 Å². The number of nitrogens with one attached hydrogen (secondary N) is 1. The van der Waals surface area contributed by atoms with E-state index in [2.05, 4.69) is 78.1 Å². The molecule has 2 nitrogen and oxygen atoms in total. The first-order valence-corrected chi connectivity index (χ1v) is 7.81. The first kappa shape index (κ1) is 13.4. The second-order valence-corrected chi connectivity index (χ2v) is 5.88. The van der Waals surface area contributed by atoms with Gasteiger partial charge in [0, 0.05) is 19.0 Å². The molecule has 1 saturated heterocycles. The van der Waals surface area contributed by atoms with E-state index in [1.54, 1.807) is 0 Å². The summed E-state index contributed by atoms with van der Waals surface area (Å²) in [6, 6.07) is 25.3. The normalized spacial score (nSPS) is 16.2. The number of hydrogen-bond donors (Lipinski definition) is 1. The molecular weight excluding hydrogens is 270 g/mol.